The molecule has 1 aromatic rings. The van der Waals surface area contributed by atoms with Crippen LogP contribution in [0.4, 0.5) is 4.39 Å². The zero-order chi connectivity index (χ0) is 16.3. The van der Waals surface area contributed by atoms with Gasteiger partial charge in [0, 0.05) is 24.7 Å². The standard InChI is InChI=1S/C13H18ClFN4O2S/c1-19(10-3-4-10)13(16)17-6-7-18-22(20,21)12-5-2-9(14)8-11(12)15/h2,5,8,10,18H,3-4,6-7H2,1H3,(H2,16,17). The van der Waals surface area contributed by atoms with Gasteiger partial charge >= 0.3 is 0 Å². The van der Waals surface area contributed by atoms with Crippen molar-refractivity contribution in [2.24, 2.45) is 10.7 Å². The molecule has 2 rings (SSSR count). The number of sulfonamides is 1. The molecule has 3 N–H and O–H groups in total. The van der Waals surface area contributed by atoms with Crippen molar-refractivity contribution in [1.29, 1.82) is 0 Å². The van der Waals surface area contributed by atoms with E-state index in [1.165, 1.54) is 6.07 Å². The Labute approximate surface area is 134 Å². The summed E-state index contributed by atoms with van der Waals surface area (Å²) in [4.78, 5) is 5.52. The van der Waals surface area contributed by atoms with Gasteiger partial charge in [-0.25, -0.2) is 17.5 Å². The third kappa shape index (κ3) is 4.31. The van der Waals surface area contributed by atoms with E-state index in [0.29, 0.717) is 12.0 Å². The lowest BCUT2D eigenvalue weighted by molar-refractivity contribution is 0.487. The molecule has 0 aromatic heterocycles. The molecule has 9 heteroatoms. The van der Waals surface area contributed by atoms with Gasteiger partial charge in [0.2, 0.25) is 10.0 Å². The maximum Gasteiger partial charge on any atom is 0.243 e. The monoisotopic (exact) mass is 348 g/mol. The van der Waals surface area contributed by atoms with Gasteiger partial charge in [0.1, 0.15) is 10.7 Å². The van der Waals surface area contributed by atoms with Crippen LogP contribution in [0.25, 0.3) is 0 Å². The number of halogens is 2. The van der Waals surface area contributed by atoms with Crippen LogP contribution in [0.15, 0.2) is 28.1 Å². The lowest BCUT2D eigenvalue weighted by atomic mass is 10.3. The molecule has 0 radical (unpaired) electrons. The summed E-state index contributed by atoms with van der Waals surface area (Å²) < 4.78 is 39.9. The van der Waals surface area contributed by atoms with Gasteiger partial charge in [0.15, 0.2) is 5.96 Å². The summed E-state index contributed by atoms with van der Waals surface area (Å²) in [5.41, 5.74) is 5.78. The molecule has 1 saturated carbocycles. The van der Waals surface area contributed by atoms with Gasteiger partial charge in [-0.1, -0.05) is 11.6 Å². The zero-order valence-corrected chi connectivity index (χ0v) is 13.7. The molecule has 0 amide bonds. The van der Waals surface area contributed by atoms with Crippen molar-refractivity contribution in [2.45, 2.75) is 23.8 Å². The Kier molecular flexibility index (Phi) is 5.25. The Bertz CT molecular complexity index is 677. The molecule has 0 heterocycles. The molecule has 6 nitrogen and oxygen atoms in total. The van der Waals surface area contributed by atoms with E-state index in [1.54, 1.807) is 0 Å². The number of nitrogens with zero attached hydrogens (tertiary/aromatic N) is 2. The lowest BCUT2D eigenvalue weighted by Gasteiger charge is -2.16. The van der Waals surface area contributed by atoms with Gasteiger partial charge in [-0.3, -0.25) is 4.99 Å². The second-order valence-electron chi connectivity index (χ2n) is 5.05. The van der Waals surface area contributed by atoms with Gasteiger partial charge in [0.25, 0.3) is 0 Å². The van der Waals surface area contributed by atoms with Gasteiger partial charge in [-0.2, -0.15) is 0 Å². The van der Waals surface area contributed by atoms with E-state index in [2.05, 4.69) is 9.71 Å². The van der Waals surface area contributed by atoms with Gasteiger partial charge < -0.3 is 10.6 Å². The van der Waals surface area contributed by atoms with Crippen LogP contribution in [0.3, 0.4) is 0 Å². The van der Waals surface area contributed by atoms with Crippen LogP contribution < -0.4 is 10.5 Å². The SMILES string of the molecule is CN(C(N)=NCCNS(=O)(=O)c1ccc(Cl)cc1F)C1CC1. The van der Waals surface area contributed by atoms with Crippen molar-refractivity contribution in [3.8, 4) is 0 Å². The van der Waals surface area contributed by atoms with Crippen molar-refractivity contribution >= 4 is 27.6 Å². The molecule has 0 saturated heterocycles. The Hall–Kier alpha value is -1.38. The van der Waals surface area contributed by atoms with Crippen LogP contribution in [-0.2, 0) is 10.0 Å². The Morgan fingerprint density at radius 3 is 2.82 bits per heavy atom. The zero-order valence-electron chi connectivity index (χ0n) is 12.1. The Balaban J connectivity index is 1.91. The Morgan fingerprint density at radius 1 is 1.55 bits per heavy atom. The number of rotatable bonds is 6. The molecule has 0 atom stereocenters. The molecular formula is C13H18ClFN4O2S. The molecule has 1 aromatic carbocycles. The molecule has 0 unspecified atom stereocenters. The quantitative estimate of drug-likeness (QED) is 0.459. The first-order valence-corrected chi connectivity index (χ1v) is 8.65. The Morgan fingerprint density at radius 2 is 2.23 bits per heavy atom. The minimum Gasteiger partial charge on any atom is -0.370 e. The van der Waals surface area contributed by atoms with E-state index >= 15 is 0 Å². The third-order valence-electron chi connectivity index (χ3n) is 3.32. The van der Waals surface area contributed by atoms with E-state index in [4.69, 9.17) is 17.3 Å². The lowest BCUT2D eigenvalue weighted by Crippen LogP contribution is -2.36. The molecule has 1 aliphatic carbocycles. The van der Waals surface area contributed by atoms with Crippen molar-refractivity contribution in [1.82, 2.24) is 9.62 Å². The average molecular weight is 349 g/mol. The van der Waals surface area contributed by atoms with Crippen LogP contribution in [-0.4, -0.2) is 45.5 Å². The fourth-order valence-corrected chi connectivity index (χ4v) is 3.12. The fraction of sp³-hybridized carbons (Fsp3) is 0.462. The van der Waals surface area contributed by atoms with Crippen LogP contribution in [0.5, 0.6) is 0 Å². The summed E-state index contributed by atoms with van der Waals surface area (Å²) in [5.74, 6) is -0.518. The van der Waals surface area contributed by atoms with Crippen molar-refractivity contribution < 1.29 is 12.8 Å². The highest BCUT2D eigenvalue weighted by Gasteiger charge is 2.27. The molecule has 22 heavy (non-hydrogen) atoms. The van der Waals surface area contributed by atoms with E-state index < -0.39 is 20.7 Å². The van der Waals surface area contributed by atoms with Crippen molar-refractivity contribution in [3.05, 3.63) is 29.0 Å². The highest BCUT2D eigenvalue weighted by molar-refractivity contribution is 7.89. The van der Waals surface area contributed by atoms with E-state index in [1.807, 2.05) is 11.9 Å². The second kappa shape index (κ2) is 6.80. The first-order chi connectivity index (χ1) is 10.3. The summed E-state index contributed by atoms with van der Waals surface area (Å²) in [6.07, 6.45) is 2.18. The smallest absolute Gasteiger partial charge is 0.243 e. The van der Waals surface area contributed by atoms with Crippen LogP contribution >= 0.6 is 11.6 Å². The number of hydrogen-bond donors (Lipinski definition) is 2. The predicted octanol–water partition coefficient (Wildman–Crippen LogP) is 1.17. The molecular weight excluding hydrogens is 331 g/mol. The average Bonchev–Trinajstić information content (AvgIpc) is 3.26. The van der Waals surface area contributed by atoms with E-state index in [9.17, 15) is 12.8 Å². The predicted molar refractivity (Wildman–Crippen MR) is 83.9 cm³/mol. The highest BCUT2D eigenvalue weighted by Crippen LogP contribution is 2.24. The van der Waals surface area contributed by atoms with Gasteiger partial charge in [-0.15, -0.1) is 0 Å². The minimum absolute atomic E-state index is 0.0314. The third-order valence-corrected chi connectivity index (χ3v) is 5.05. The molecule has 1 aliphatic rings. The summed E-state index contributed by atoms with van der Waals surface area (Å²) in [6, 6.07) is 3.83. The number of nitrogens with one attached hydrogen (secondary N) is 1. The van der Waals surface area contributed by atoms with Crippen molar-refractivity contribution in [3.63, 3.8) is 0 Å². The maximum absolute atomic E-state index is 13.6. The summed E-state index contributed by atoms with van der Waals surface area (Å²) in [5, 5.41) is 0.136. The molecule has 0 spiro atoms. The number of aliphatic imine (C=N–C) groups is 1. The van der Waals surface area contributed by atoms with Crippen LogP contribution in [0.1, 0.15) is 12.8 Å². The number of guanidine groups is 1. The molecule has 122 valence electrons. The second-order valence-corrected chi connectivity index (χ2v) is 7.23. The molecule has 0 aliphatic heterocycles. The molecule has 1 fully saturated rings. The number of benzene rings is 1. The van der Waals surface area contributed by atoms with Crippen LogP contribution in [0, 0.1) is 5.82 Å². The normalized spacial score (nSPS) is 15.9. The summed E-state index contributed by atoms with van der Waals surface area (Å²) in [6.45, 7) is 0.209. The highest BCUT2D eigenvalue weighted by atomic mass is 35.5. The summed E-state index contributed by atoms with van der Waals surface area (Å²) >= 11 is 5.60. The molecule has 0 bridgehead atoms. The maximum atomic E-state index is 13.6. The topological polar surface area (TPSA) is 87.8 Å². The van der Waals surface area contributed by atoms with Crippen LogP contribution in [0.2, 0.25) is 5.02 Å². The van der Waals surface area contributed by atoms with Gasteiger partial charge in [0.05, 0.1) is 6.54 Å². The first-order valence-electron chi connectivity index (χ1n) is 6.79. The minimum atomic E-state index is -3.94. The summed E-state index contributed by atoms with van der Waals surface area (Å²) in [7, 11) is -2.09. The van der Waals surface area contributed by atoms with Gasteiger partial charge in [-0.05, 0) is 31.0 Å². The largest absolute Gasteiger partial charge is 0.370 e. The number of hydrogen-bond acceptors (Lipinski definition) is 3. The first kappa shape index (κ1) is 17.0. The fourth-order valence-electron chi connectivity index (χ4n) is 1.88. The van der Waals surface area contributed by atoms with Crippen molar-refractivity contribution in [2.75, 3.05) is 20.1 Å². The van der Waals surface area contributed by atoms with E-state index in [0.717, 1.165) is 25.0 Å². The number of nitrogens with two attached hydrogens (primary N) is 1. The van der Waals surface area contributed by atoms with E-state index in [-0.39, 0.29) is 18.1 Å².